The largest absolute Gasteiger partial charge is 0.397 e. The van der Waals surface area contributed by atoms with E-state index in [9.17, 15) is 9.90 Å². The Morgan fingerprint density at radius 1 is 1.53 bits per heavy atom. The molecule has 1 aromatic rings. The Labute approximate surface area is 113 Å². The third-order valence-electron chi connectivity index (χ3n) is 3.66. The van der Waals surface area contributed by atoms with Crippen LogP contribution in [-0.2, 0) is 6.54 Å². The van der Waals surface area contributed by atoms with Gasteiger partial charge in [-0.25, -0.2) is 0 Å². The van der Waals surface area contributed by atoms with Gasteiger partial charge in [-0.1, -0.05) is 19.8 Å². The van der Waals surface area contributed by atoms with Gasteiger partial charge < -0.3 is 20.7 Å². The molecular formula is C14H23N3O2. The number of amides is 1. The average Bonchev–Trinajstić information content (AvgIpc) is 2.74. The highest BCUT2D eigenvalue weighted by atomic mass is 16.3. The number of nitrogen functional groups attached to an aromatic ring is 1. The van der Waals surface area contributed by atoms with Gasteiger partial charge in [0.2, 0.25) is 0 Å². The summed E-state index contributed by atoms with van der Waals surface area (Å²) in [6.45, 7) is 2.83. The maximum Gasteiger partial charge on any atom is 0.268 e. The Morgan fingerprint density at radius 3 is 2.95 bits per heavy atom. The summed E-state index contributed by atoms with van der Waals surface area (Å²) in [4.78, 5) is 12.3. The molecule has 2 atom stereocenters. The molecule has 1 amide bonds. The first kappa shape index (κ1) is 13.9. The summed E-state index contributed by atoms with van der Waals surface area (Å²) < 4.78 is 1.87. The molecule has 106 valence electrons. The Balaban J connectivity index is 2.06. The van der Waals surface area contributed by atoms with Crippen LogP contribution in [0.2, 0.25) is 0 Å². The molecule has 5 heteroatoms. The number of carbonyl (C=O) groups excluding carboxylic acids is 1. The molecular weight excluding hydrogens is 242 g/mol. The predicted octanol–water partition coefficient (Wildman–Crippen LogP) is 1.51. The lowest BCUT2D eigenvalue weighted by molar-refractivity contribution is 0.0710. The van der Waals surface area contributed by atoms with E-state index in [1.807, 2.05) is 4.57 Å². The molecule has 5 nitrogen and oxygen atoms in total. The van der Waals surface area contributed by atoms with E-state index in [0.29, 0.717) is 11.4 Å². The van der Waals surface area contributed by atoms with Crippen molar-refractivity contribution in [1.82, 2.24) is 9.88 Å². The van der Waals surface area contributed by atoms with E-state index in [0.717, 1.165) is 38.6 Å². The van der Waals surface area contributed by atoms with Gasteiger partial charge in [-0.3, -0.25) is 4.79 Å². The molecule has 0 aliphatic heterocycles. The minimum Gasteiger partial charge on any atom is -0.397 e. The van der Waals surface area contributed by atoms with Gasteiger partial charge in [-0.05, 0) is 25.3 Å². The number of carbonyl (C=O) groups is 1. The van der Waals surface area contributed by atoms with E-state index in [2.05, 4.69) is 12.2 Å². The van der Waals surface area contributed by atoms with E-state index in [4.69, 9.17) is 5.73 Å². The van der Waals surface area contributed by atoms with Gasteiger partial charge in [0, 0.05) is 12.7 Å². The van der Waals surface area contributed by atoms with Crippen LogP contribution in [0.5, 0.6) is 0 Å². The zero-order valence-corrected chi connectivity index (χ0v) is 11.4. The quantitative estimate of drug-likeness (QED) is 0.772. The fourth-order valence-electron chi connectivity index (χ4n) is 2.67. The number of anilines is 1. The molecule has 4 N–H and O–H groups in total. The van der Waals surface area contributed by atoms with Crippen molar-refractivity contribution in [1.29, 1.82) is 0 Å². The first-order chi connectivity index (χ1) is 9.11. The number of aromatic nitrogens is 1. The van der Waals surface area contributed by atoms with Crippen molar-refractivity contribution in [3.8, 4) is 0 Å². The van der Waals surface area contributed by atoms with Crippen LogP contribution in [0.25, 0.3) is 0 Å². The number of nitrogens with zero attached hydrogens (tertiary/aromatic N) is 1. The van der Waals surface area contributed by atoms with Gasteiger partial charge >= 0.3 is 0 Å². The van der Waals surface area contributed by atoms with Gasteiger partial charge in [-0.2, -0.15) is 0 Å². The third-order valence-corrected chi connectivity index (χ3v) is 3.66. The van der Waals surface area contributed by atoms with E-state index in [1.54, 1.807) is 12.3 Å². The van der Waals surface area contributed by atoms with Crippen LogP contribution in [0.15, 0.2) is 12.3 Å². The Kier molecular flexibility index (Phi) is 4.47. The lowest BCUT2D eigenvalue weighted by Crippen LogP contribution is -2.45. The molecule has 1 aliphatic carbocycles. The van der Waals surface area contributed by atoms with Gasteiger partial charge in [0.1, 0.15) is 5.69 Å². The summed E-state index contributed by atoms with van der Waals surface area (Å²) in [7, 11) is 0. The minimum atomic E-state index is -0.426. The first-order valence-corrected chi connectivity index (χ1v) is 7.06. The lowest BCUT2D eigenvalue weighted by atomic mass is 9.92. The molecule has 0 saturated heterocycles. The second kappa shape index (κ2) is 6.10. The first-order valence-electron chi connectivity index (χ1n) is 7.06. The van der Waals surface area contributed by atoms with Crippen LogP contribution < -0.4 is 11.1 Å². The molecule has 19 heavy (non-hydrogen) atoms. The van der Waals surface area contributed by atoms with Crippen LogP contribution in [0.4, 0.5) is 5.69 Å². The van der Waals surface area contributed by atoms with Crippen LogP contribution in [0.1, 0.15) is 49.5 Å². The molecule has 0 bridgehead atoms. The minimum absolute atomic E-state index is 0.132. The van der Waals surface area contributed by atoms with E-state index in [1.165, 1.54) is 0 Å². The van der Waals surface area contributed by atoms with Crippen LogP contribution in [0, 0.1) is 0 Å². The molecule has 0 radical (unpaired) electrons. The molecule has 1 aliphatic rings. The van der Waals surface area contributed by atoms with Gasteiger partial charge in [0.15, 0.2) is 0 Å². The van der Waals surface area contributed by atoms with Gasteiger partial charge in [-0.15, -0.1) is 0 Å². The molecule has 1 fully saturated rings. The maximum absolute atomic E-state index is 12.3. The summed E-state index contributed by atoms with van der Waals surface area (Å²) in [5.74, 6) is -0.143. The highest BCUT2D eigenvalue weighted by molar-refractivity contribution is 5.94. The summed E-state index contributed by atoms with van der Waals surface area (Å²) in [6, 6.07) is 1.56. The topological polar surface area (TPSA) is 80.3 Å². The fourth-order valence-corrected chi connectivity index (χ4v) is 2.67. The summed E-state index contributed by atoms with van der Waals surface area (Å²) >= 11 is 0. The smallest absolute Gasteiger partial charge is 0.268 e. The molecule has 1 aromatic heterocycles. The number of aryl methyl sites for hydroxylation is 1. The van der Waals surface area contributed by atoms with E-state index < -0.39 is 6.10 Å². The average molecular weight is 265 g/mol. The third kappa shape index (κ3) is 3.29. The number of rotatable bonds is 4. The lowest BCUT2D eigenvalue weighted by Gasteiger charge is -2.28. The van der Waals surface area contributed by atoms with Crippen LogP contribution in [-0.4, -0.2) is 27.7 Å². The highest BCUT2D eigenvalue weighted by Crippen LogP contribution is 2.19. The molecule has 0 spiro atoms. The predicted molar refractivity (Wildman–Crippen MR) is 74.9 cm³/mol. The number of aliphatic hydroxyl groups excluding tert-OH is 1. The fraction of sp³-hybridized carbons (Fsp3) is 0.643. The molecule has 1 saturated carbocycles. The second-order valence-corrected chi connectivity index (χ2v) is 5.28. The zero-order valence-electron chi connectivity index (χ0n) is 11.4. The monoisotopic (exact) mass is 265 g/mol. The second-order valence-electron chi connectivity index (χ2n) is 5.28. The summed E-state index contributed by atoms with van der Waals surface area (Å²) in [5, 5.41) is 12.8. The van der Waals surface area contributed by atoms with Crippen LogP contribution in [0.3, 0.4) is 0 Å². The molecule has 0 unspecified atom stereocenters. The Hall–Kier alpha value is -1.49. The summed E-state index contributed by atoms with van der Waals surface area (Å²) in [6.07, 6.45) is 6.01. The Bertz CT molecular complexity index is 442. The normalized spacial score (nSPS) is 23.3. The van der Waals surface area contributed by atoms with Crippen molar-refractivity contribution >= 4 is 11.6 Å². The zero-order chi connectivity index (χ0) is 13.8. The SMILES string of the molecule is CCCn1cc(N)cc1C(=O)N[C@@H]1CCCC[C@H]1O. The molecule has 1 heterocycles. The molecule has 2 rings (SSSR count). The number of hydrogen-bond acceptors (Lipinski definition) is 3. The van der Waals surface area contributed by atoms with Crippen molar-refractivity contribution in [3.05, 3.63) is 18.0 Å². The standard InChI is InChI=1S/C14H23N3O2/c1-2-7-17-9-10(15)8-12(17)14(19)16-11-5-3-4-6-13(11)18/h8-9,11,13,18H,2-7,15H2,1H3,(H,16,19)/t11-,13-/m1/s1. The van der Waals surface area contributed by atoms with Crippen molar-refractivity contribution in [3.63, 3.8) is 0 Å². The summed E-state index contributed by atoms with van der Waals surface area (Å²) in [5.41, 5.74) is 6.94. The van der Waals surface area contributed by atoms with E-state index in [-0.39, 0.29) is 11.9 Å². The number of aliphatic hydroxyl groups is 1. The van der Waals surface area contributed by atoms with Crippen molar-refractivity contribution in [2.45, 2.75) is 57.7 Å². The van der Waals surface area contributed by atoms with Crippen molar-refractivity contribution in [2.24, 2.45) is 0 Å². The van der Waals surface area contributed by atoms with Crippen molar-refractivity contribution in [2.75, 3.05) is 5.73 Å². The van der Waals surface area contributed by atoms with Crippen LogP contribution >= 0.6 is 0 Å². The van der Waals surface area contributed by atoms with Gasteiger partial charge in [0.25, 0.3) is 5.91 Å². The number of nitrogens with one attached hydrogen (secondary N) is 1. The molecule has 0 aromatic carbocycles. The maximum atomic E-state index is 12.3. The Morgan fingerprint density at radius 2 is 2.26 bits per heavy atom. The highest BCUT2D eigenvalue weighted by Gasteiger charge is 2.25. The number of nitrogens with two attached hydrogens (primary N) is 1. The van der Waals surface area contributed by atoms with Gasteiger partial charge in [0.05, 0.1) is 17.8 Å². The van der Waals surface area contributed by atoms with Crippen molar-refractivity contribution < 1.29 is 9.90 Å². The number of hydrogen-bond donors (Lipinski definition) is 3. The van der Waals surface area contributed by atoms with E-state index >= 15 is 0 Å².